The maximum absolute atomic E-state index is 12.5. The first-order valence-corrected chi connectivity index (χ1v) is 6.93. The predicted molar refractivity (Wildman–Crippen MR) is 77.4 cm³/mol. The summed E-state index contributed by atoms with van der Waals surface area (Å²) in [7, 11) is 0. The molecule has 0 saturated carbocycles. The molecule has 20 heavy (non-hydrogen) atoms. The van der Waals surface area contributed by atoms with Crippen molar-refractivity contribution in [3.63, 3.8) is 0 Å². The summed E-state index contributed by atoms with van der Waals surface area (Å²) in [5, 5.41) is 2.78. The third-order valence-corrected chi connectivity index (χ3v) is 3.40. The number of carbonyl (C=O) groups excluding carboxylic acids is 2. The Bertz CT molecular complexity index is 540. The van der Waals surface area contributed by atoms with Crippen molar-refractivity contribution >= 4 is 17.5 Å². The quantitative estimate of drug-likeness (QED) is 0.911. The lowest BCUT2D eigenvalue weighted by atomic mass is 10.0. The van der Waals surface area contributed by atoms with Gasteiger partial charge in [0.15, 0.2) is 0 Å². The van der Waals surface area contributed by atoms with Gasteiger partial charge in [0.1, 0.15) is 12.6 Å². The highest BCUT2D eigenvalue weighted by atomic mass is 16.2. The van der Waals surface area contributed by atoms with Crippen molar-refractivity contribution in [2.45, 2.75) is 40.2 Å². The van der Waals surface area contributed by atoms with E-state index in [2.05, 4.69) is 10.3 Å². The summed E-state index contributed by atoms with van der Waals surface area (Å²) >= 11 is 0. The molecule has 5 heteroatoms. The highest BCUT2D eigenvalue weighted by Gasteiger charge is 2.34. The van der Waals surface area contributed by atoms with E-state index in [0.29, 0.717) is 12.3 Å². The van der Waals surface area contributed by atoms with Gasteiger partial charge in [-0.15, -0.1) is 0 Å². The smallest absolute Gasteiger partial charge is 0.250 e. The maximum atomic E-state index is 12.5. The van der Waals surface area contributed by atoms with Crippen LogP contribution in [-0.2, 0) is 9.59 Å². The summed E-state index contributed by atoms with van der Waals surface area (Å²) in [6.45, 7) is 7.91. The molecule has 1 unspecified atom stereocenters. The summed E-state index contributed by atoms with van der Waals surface area (Å²) in [5.41, 5.74) is 2.40. The van der Waals surface area contributed by atoms with Gasteiger partial charge in [-0.3, -0.25) is 19.5 Å². The normalized spacial score (nSPS) is 19.4. The van der Waals surface area contributed by atoms with Gasteiger partial charge in [-0.2, -0.15) is 0 Å². The molecule has 0 aromatic carbocycles. The fraction of sp³-hybridized carbons (Fsp3) is 0.533. The topological polar surface area (TPSA) is 62.3 Å². The molecule has 1 fully saturated rings. The summed E-state index contributed by atoms with van der Waals surface area (Å²) in [6, 6.07) is 3.29. The zero-order valence-corrected chi connectivity index (χ0v) is 12.4. The largest absolute Gasteiger partial charge is 0.343 e. The van der Waals surface area contributed by atoms with Gasteiger partial charge in [-0.05, 0) is 38.3 Å². The number of hydrogen-bond acceptors (Lipinski definition) is 3. The van der Waals surface area contributed by atoms with Gasteiger partial charge in [0, 0.05) is 5.69 Å². The number of nitrogens with zero attached hydrogens (tertiary/aromatic N) is 2. The Morgan fingerprint density at radius 2 is 2.05 bits per heavy atom. The molecular weight excluding hydrogens is 254 g/mol. The second kappa shape index (κ2) is 5.61. The number of aryl methyl sites for hydroxylation is 2. The first-order valence-electron chi connectivity index (χ1n) is 6.93. The van der Waals surface area contributed by atoms with E-state index in [9.17, 15) is 9.59 Å². The van der Waals surface area contributed by atoms with Crippen LogP contribution >= 0.6 is 0 Å². The lowest BCUT2D eigenvalue weighted by molar-refractivity contribution is -0.131. The molecular formula is C15H21N3O2. The van der Waals surface area contributed by atoms with Gasteiger partial charge in [-0.25, -0.2) is 0 Å². The highest BCUT2D eigenvalue weighted by Crippen LogP contribution is 2.22. The Kier molecular flexibility index (Phi) is 4.06. The fourth-order valence-electron chi connectivity index (χ4n) is 2.51. The summed E-state index contributed by atoms with van der Waals surface area (Å²) in [5.74, 6) is 0.184. The van der Waals surface area contributed by atoms with Gasteiger partial charge in [0.2, 0.25) is 11.8 Å². The second-order valence-corrected chi connectivity index (χ2v) is 5.73. The minimum Gasteiger partial charge on any atom is -0.343 e. The monoisotopic (exact) mass is 275 g/mol. The second-order valence-electron chi connectivity index (χ2n) is 5.73. The van der Waals surface area contributed by atoms with Crippen molar-refractivity contribution in [3.8, 4) is 0 Å². The molecule has 1 saturated heterocycles. The van der Waals surface area contributed by atoms with Crippen LogP contribution in [0.1, 0.15) is 31.7 Å². The molecule has 2 amide bonds. The zero-order chi connectivity index (χ0) is 14.9. The average molecular weight is 275 g/mol. The van der Waals surface area contributed by atoms with E-state index in [0.717, 1.165) is 17.1 Å². The van der Waals surface area contributed by atoms with Crippen LogP contribution in [0, 0.1) is 19.8 Å². The minimum atomic E-state index is -0.433. The molecule has 0 radical (unpaired) electrons. The van der Waals surface area contributed by atoms with E-state index in [4.69, 9.17) is 0 Å². The van der Waals surface area contributed by atoms with Crippen LogP contribution in [0.2, 0.25) is 0 Å². The molecule has 108 valence electrons. The van der Waals surface area contributed by atoms with Gasteiger partial charge < -0.3 is 5.32 Å². The number of amides is 2. The molecule has 0 bridgehead atoms. The van der Waals surface area contributed by atoms with E-state index in [1.165, 1.54) is 0 Å². The van der Waals surface area contributed by atoms with Crippen molar-refractivity contribution in [1.82, 2.24) is 10.3 Å². The predicted octanol–water partition coefficient (Wildman–Crippen LogP) is 1.58. The van der Waals surface area contributed by atoms with E-state index < -0.39 is 6.04 Å². The number of carbonyl (C=O) groups is 2. The summed E-state index contributed by atoms with van der Waals surface area (Å²) in [4.78, 5) is 30.3. The van der Waals surface area contributed by atoms with E-state index >= 15 is 0 Å². The first-order chi connectivity index (χ1) is 9.38. The Labute approximate surface area is 119 Å². The van der Waals surface area contributed by atoms with Crippen molar-refractivity contribution < 1.29 is 9.59 Å². The highest BCUT2D eigenvalue weighted by molar-refractivity contribution is 6.06. The van der Waals surface area contributed by atoms with E-state index in [1.807, 2.05) is 39.8 Å². The zero-order valence-electron chi connectivity index (χ0n) is 12.4. The van der Waals surface area contributed by atoms with Crippen molar-refractivity contribution in [2.75, 3.05) is 11.4 Å². The van der Waals surface area contributed by atoms with Crippen molar-refractivity contribution in [2.24, 2.45) is 5.92 Å². The molecule has 5 nitrogen and oxygen atoms in total. The number of rotatable bonds is 3. The third kappa shape index (κ3) is 2.98. The van der Waals surface area contributed by atoms with Gasteiger partial charge >= 0.3 is 0 Å². The molecule has 1 aromatic heterocycles. The number of hydrogen-bond donors (Lipinski definition) is 1. The van der Waals surface area contributed by atoms with E-state index in [1.54, 1.807) is 4.90 Å². The Morgan fingerprint density at radius 1 is 1.35 bits per heavy atom. The van der Waals surface area contributed by atoms with Gasteiger partial charge in [0.25, 0.3) is 0 Å². The molecule has 2 rings (SSSR count). The summed E-state index contributed by atoms with van der Waals surface area (Å²) < 4.78 is 0. The summed E-state index contributed by atoms with van der Waals surface area (Å²) in [6.07, 6.45) is 0.652. The van der Waals surface area contributed by atoms with Crippen LogP contribution in [0.15, 0.2) is 12.1 Å². The Balaban J connectivity index is 2.30. The average Bonchev–Trinajstić information content (AvgIpc) is 2.33. The maximum Gasteiger partial charge on any atom is 0.250 e. The number of anilines is 1. The van der Waals surface area contributed by atoms with Gasteiger partial charge in [0.05, 0.1) is 11.4 Å². The standard InChI is InChI=1S/C15H21N3O2/c1-9(2)7-12-15(20)18(8-14(19)17-12)13-6-5-10(3)16-11(13)4/h5-6,9,12H,7-8H2,1-4H3,(H,17,19). The van der Waals surface area contributed by atoms with Crippen LogP contribution < -0.4 is 10.2 Å². The van der Waals surface area contributed by atoms with Crippen LogP contribution in [0.4, 0.5) is 5.69 Å². The Hall–Kier alpha value is -1.91. The van der Waals surface area contributed by atoms with Gasteiger partial charge in [-0.1, -0.05) is 13.8 Å². The SMILES string of the molecule is Cc1ccc(N2CC(=O)NC(CC(C)C)C2=O)c(C)n1. The molecule has 1 N–H and O–H groups in total. The molecule has 2 heterocycles. The molecule has 0 aliphatic carbocycles. The molecule has 1 atom stereocenters. The lowest BCUT2D eigenvalue weighted by Crippen LogP contribution is -2.58. The van der Waals surface area contributed by atoms with Crippen LogP contribution in [0.5, 0.6) is 0 Å². The first kappa shape index (κ1) is 14.5. The number of piperazine rings is 1. The van der Waals surface area contributed by atoms with Crippen molar-refractivity contribution in [3.05, 3.63) is 23.5 Å². The van der Waals surface area contributed by atoms with Crippen molar-refractivity contribution in [1.29, 1.82) is 0 Å². The molecule has 0 spiro atoms. The Morgan fingerprint density at radius 3 is 2.65 bits per heavy atom. The molecule has 1 aliphatic heterocycles. The third-order valence-electron chi connectivity index (χ3n) is 3.40. The lowest BCUT2D eigenvalue weighted by Gasteiger charge is -2.33. The minimum absolute atomic E-state index is 0.0490. The van der Waals surface area contributed by atoms with Crippen LogP contribution in [-0.4, -0.2) is 29.4 Å². The van der Waals surface area contributed by atoms with Crippen LogP contribution in [0.25, 0.3) is 0 Å². The molecule has 1 aliphatic rings. The molecule has 1 aromatic rings. The fourth-order valence-corrected chi connectivity index (χ4v) is 2.51. The van der Waals surface area contributed by atoms with E-state index in [-0.39, 0.29) is 18.4 Å². The number of pyridine rings is 1. The van der Waals surface area contributed by atoms with Crippen LogP contribution in [0.3, 0.4) is 0 Å². The number of nitrogens with one attached hydrogen (secondary N) is 1. The number of aromatic nitrogens is 1.